The molecule has 1 N–H and O–H groups in total. The van der Waals surface area contributed by atoms with Crippen LogP contribution in [0.1, 0.15) is 44.1 Å². The van der Waals surface area contributed by atoms with E-state index in [2.05, 4.69) is 5.32 Å². The molecule has 1 fully saturated rings. The highest BCUT2D eigenvalue weighted by atomic mass is 19.1. The predicted octanol–water partition coefficient (Wildman–Crippen LogP) is 4.07. The lowest BCUT2D eigenvalue weighted by molar-refractivity contribution is 0.414. The van der Waals surface area contributed by atoms with Crippen LogP contribution in [0.5, 0.6) is 0 Å². The van der Waals surface area contributed by atoms with E-state index in [1.54, 1.807) is 0 Å². The van der Waals surface area contributed by atoms with Crippen LogP contribution in [0.25, 0.3) is 0 Å². The maximum atomic E-state index is 13.6. The Kier molecular flexibility index (Phi) is 5.32. The average molecular weight is 267 g/mol. The van der Waals surface area contributed by atoms with Gasteiger partial charge in [0.15, 0.2) is 0 Å². The fraction of sp³-hybridized carbons (Fsp3) is 0.625. The third-order valence-electron chi connectivity index (χ3n) is 4.28. The first-order valence-corrected chi connectivity index (χ1v) is 7.30. The molecule has 1 nitrogen and oxygen atoms in total. The van der Waals surface area contributed by atoms with Gasteiger partial charge in [-0.05, 0) is 56.0 Å². The van der Waals surface area contributed by atoms with E-state index in [0.717, 1.165) is 12.3 Å². The lowest BCUT2D eigenvalue weighted by Gasteiger charge is -2.18. The highest BCUT2D eigenvalue weighted by Crippen LogP contribution is 2.29. The smallest absolute Gasteiger partial charge is 0.126 e. The highest BCUT2D eigenvalue weighted by molar-refractivity contribution is 5.19. The van der Waals surface area contributed by atoms with Gasteiger partial charge >= 0.3 is 0 Å². The lowest BCUT2D eigenvalue weighted by Crippen LogP contribution is -2.28. The standard InChI is InChI=1S/C16H23F2N/c1-19-15(8-6-12-4-2-3-5-12)11-13-10-14(17)7-9-16(13)18/h7,9-10,12,15,19H,2-6,8,11H2,1H3. The molecule has 2 rings (SSSR count). The van der Waals surface area contributed by atoms with Gasteiger partial charge in [-0.25, -0.2) is 8.78 Å². The van der Waals surface area contributed by atoms with Crippen molar-refractivity contribution in [3.05, 3.63) is 35.4 Å². The van der Waals surface area contributed by atoms with Gasteiger partial charge in [0.2, 0.25) is 0 Å². The van der Waals surface area contributed by atoms with E-state index >= 15 is 0 Å². The highest BCUT2D eigenvalue weighted by Gasteiger charge is 2.18. The Labute approximate surface area is 114 Å². The topological polar surface area (TPSA) is 12.0 Å². The van der Waals surface area contributed by atoms with Gasteiger partial charge in [-0.3, -0.25) is 0 Å². The van der Waals surface area contributed by atoms with Gasteiger partial charge in [-0.15, -0.1) is 0 Å². The van der Waals surface area contributed by atoms with Crippen LogP contribution in [0, 0.1) is 17.6 Å². The second-order valence-corrected chi connectivity index (χ2v) is 5.65. The van der Waals surface area contributed by atoms with Crippen LogP contribution in [0.2, 0.25) is 0 Å². The molecule has 3 heteroatoms. The molecular weight excluding hydrogens is 244 g/mol. The number of rotatable bonds is 6. The number of halogens is 2. The van der Waals surface area contributed by atoms with Gasteiger partial charge in [0.25, 0.3) is 0 Å². The molecule has 1 atom stereocenters. The zero-order valence-electron chi connectivity index (χ0n) is 11.6. The molecule has 1 aliphatic rings. The number of hydrogen-bond donors (Lipinski definition) is 1. The van der Waals surface area contributed by atoms with Crippen molar-refractivity contribution in [2.24, 2.45) is 5.92 Å². The van der Waals surface area contributed by atoms with Crippen molar-refractivity contribution in [2.45, 2.75) is 51.0 Å². The van der Waals surface area contributed by atoms with Crippen LogP contribution in [-0.2, 0) is 6.42 Å². The van der Waals surface area contributed by atoms with Gasteiger partial charge in [-0.2, -0.15) is 0 Å². The fourth-order valence-corrected chi connectivity index (χ4v) is 3.05. The van der Waals surface area contributed by atoms with Crippen LogP contribution < -0.4 is 5.32 Å². The summed E-state index contributed by atoms with van der Waals surface area (Å²) in [7, 11) is 1.90. The van der Waals surface area contributed by atoms with E-state index in [1.807, 2.05) is 7.05 Å². The molecule has 0 amide bonds. The Morgan fingerprint density at radius 2 is 2.00 bits per heavy atom. The maximum Gasteiger partial charge on any atom is 0.126 e. The molecular formula is C16H23F2N. The molecule has 0 aromatic heterocycles. The lowest BCUT2D eigenvalue weighted by atomic mass is 9.95. The fourth-order valence-electron chi connectivity index (χ4n) is 3.05. The molecule has 19 heavy (non-hydrogen) atoms. The van der Waals surface area contributed by atoms with Crippen molar-refractivity contribution in [2.75, 3.05) is 7.05 Å². The predicted molar refractivity (Wildman–Crippen MR) is 74.1 cm³/mol. The first-order chi connectivity index (χ1) is 9.19. The summed E-state index contributed by atoms with van der Waals surface area (Å²) in [5.74, 6) is 0.178. The summed E-state index contributed by atoms with van der Waals surface area (Å²) in [6.45, 7) is 0. The summed E-state index contributed by atoms with van der Waals surface area (Å²) in [4.78, 5) is 0. The molecule has 1 unspecified atom stereocenters. The van der Waals surface area contributed by atoms with E-state index in [0.29, 0.717) is 12.0 Å². The number of nitrogens with one attached hydrogen (secondary N) is 1. The van der Waals surface area contributed by atoms with E-state index in [-0.39, 0.29) is 17.7 Å². The van der Waals surface area contributed by atoms with Gasteiger partial charge in [0, 0.05) is 6.04 Å². The third-order valence-corrected chi connectivity index (χ3v) is 4.28. The number of benzene rings is 1. The maximum absolute atomic E-state index is 13.6. The van der Waals surface area contributed by atoms with Crippen molar-refractivity contribution in [1.29, 1.82) is 0 Å². The Balaban J connectivity index is 1.88. The molecule has 0 bridgehead atoms. The SMILES string of the molecule is CNC(CCC1CCCC1)Cc1cc(F)ccc1F. The molecule has 106 valence electrons. The third kappa shape index (κ3) is 4.27. The van der Waals surface area contributed by atoms with Crippen LogP contribution in [0.3, 0.4) is 0 Å². The Hall–Kier alpha value is -0.960. The van der Waals surface area contributed by atoms with Gasteiger partial charge in [0.05, 0.1) is 0 Å². The summed E-state index contributed by atoms with van der Waals surface area (Å²) in [6, 6.07) is 3.94. The monoisotopic (exact) mass is 267 g/mol. The Morgan fingerprint density at radius 1 is 1.26 bits per heavy atom. The molecule has 1 aliphatic carbocycles. The Bertz CT molecular complexity index is 400. The van der Waals surface area contributed by atoms with Crippen LogP contribution in [0.15, 0.2) is 18.2 Å². The molecule has 1 aromatic rings. The summed E-state index contributed by atoms with van der Waals surface area (Å²) >= 11 is 0. The van der Waals surface area contributed by atoms with Gasteiger partial charge < -0.3 is 5.32 Å². The second-order valence-electron chi connectivity index (χ2n) is 5.65. The molecule has 0 aliphatic heterocycles. The van der Waals surface area contributed by atoms with Crippen molar-refractivity contribution < 1.29 is 8.78 Å². The summed E-state index contributed by atoms with van der Waals surface area (Å²) < 4.78 is 26.8. The van der Waals surface area contributed by atoms with Gasteiger partial charge in [0.1, 0.15) is 11.6 Å². The molecule has 0 radical (unpaired) electrons. The van der Waals surface area contributed by atoms with Gasteiger partial charge in [-0.1, -0.05) is 25.7 Å². The minimum atomic E-state index is -0.359. The van der Waals surface area contributed by atoms with Crippen molar-refractivity contribution >= 4 is 0 Å². The molecule has 1 aromatic carbocycles. The minimum Gasteiger partial charge on any atom is -0.317 e. The molecule has 0 spiro atoms. The molecule has 0 heterocycles. The van der Waals surface area contributed by atoms with Crippen molar-refractivity contribution in [1.82, 2.24) is 5.32 Å². The second kappa shape index (κ2) is 6.99. The van der Waals surface area contributed by atoms with E-state index in [4.69, 9.17) is 0 Å². The minimum absolute atomic E-state index is 0.233. The Morgan fingerprint density at radius 3 is 2.68 bits per heavy atom. The zero-order chi connectivity index (χ0) is 13.7. The normalized spacial score (nSPS) is 17.8. The summed E-state index contributed by atoms with van der Waals surface area (Å²) in [6.07, 6.45) is 8.18. The van der Waals surface area contributed by atoms with Crippen molar-refractivity contribution in [3.63, 3.8) is 0 Å². The van der Waals surface area contributed by atoms with E-state index < -0.39 is 0 Å². The number of likely N-dealkylation sites (N-methyl/N-ethyl adjacent to an activating group) is 1. The number of hydrogen-bond acceptors (Lipinski definition) is 1. The van der Waals surface area contributed by atoms with E-state index in [1.165, 1.54) is 50.3 Å². The first-order valence-electron chi connectivity index (χ1n) is 7.30. The van der Waals surface area contributed by atoms with Crippen LogP contribution in [-0.4, -0.2) is 13.1 Å². The molecule has 0 saturated heterocycles. The zero-order valence-corrected chi connectivity index (χ0v) is 11.6. The van der Waals surface area contributed by atoms with Crippen molar-refractivity contribution in [3.8, 4) is 0 Å². The first kappa shape index (κ1) is 14.4. The summed E-state index contributed by atoms with van der Waals surface area (Å²) in [5, 5.41) is 3.23. The average Bonchev–Trinajstić information content (AvgIpc) is 2.91. The quantitative estimate of drug-likeness (QED) is 0.819. The van der Waals surface area contributed by atoms with Crippen LogP contribution in [0.4, 0.5) is 8.78 Å². The summed E-state index contributed by atoms with van der Waals surface area (Å²) in [5.41, 5.74) is 0.478. The van der Waals surface area contributed by atoms with E-state index in [9.17, 15) is 8.78 Å². The molecule has 1 saturated carbocycles. The van der Waals surface area contributed by atoms with Crippen LogP contribution >= 0.6 is 0 Å². The largest absolute Gasteiger partial charge is 0.317 e.